The van der Waals surface area contributed by atoms with Gasteiger partial charge in [-0.3, -0.25) is 4.98 Å². The monoisotopic (exact) mass is 240 g/mol. The Hall–Kier alpha value is -2.18. The Morgan fingerprint density at radius 2 is 1.88 bits per heavy atom. The lowest BCUT2D eigenvalue weighted by Crippen LogP contribution is -2.09. The van der Waals surface area contributed by atoms with E-state index in [9.17, 15) is 13.2 Å². The number of nitrogens with zero attached hydrogens (tertiary/aromatic N) is 3. The van der Waals surface area contributed by atoms with Crippen LogP contribution in [0.2, 0.25) is 0 Å². The molecule has 0 aliphatic carbocycles. The average Bonchev–Trinajstić information content (AvgIpc) is 2.28. The highest BCUT2D eigenvalue weighted by Crippen LogP contribution is 2.34. The van der Waals surface area contributed by atoms with Gasteiger partial charge in [0, 0.05) is 12.3 Å². The van der Waals surface area contributed by atoms with Crippen molar-refractivity contribution in [3.05, 3.63) is 36.3 Å². The van der Waals surface area contributed by atoms with E-state index in [1.165, 1.54) is 18.3 Å². The molecule has 7 heteroatoms. The van der Waals surface area contributed by atoms with Crippen molar-refractivity contribution in [2.24, 2.45) is 0 Å². The SMILES string of the molecule is Nc1cc(-c2ncccc2C(F)(F)F)ncn1. The highest BCUT2D eigenvalue weighted by Gasteiger charge is 2.34. The molecule has 2 aromatic heterocycles. The Bertz CT molecular complexity index is 539. The average molecular weight is 240 g/mol. The normalized spacial score (nSPS) is 11.5. The zero-order valence-corrected chi connectivity index (χ0v) is 8.44. The second-order valence-corrected chi connectivity index (χ2v) is 3.23. The minimum atomic E-state index is -4.48. The standard InChI is InChI=1S/C10H7F3N4/c11-10(12,13)6-2-1-3-15-9(6)7-4-8(14)17-5-16-7/h1-5H,(H2,14,16,17). The number of hydrogen-bond donors (Lipinski definition) is 1. The predicted octanol–water partition coefficient (Wildman–Crippen LogP) is 2.14. The summed E-state index contributed by atoms with van der Waals surface area (Å²) < 4.78 is 38.2. The van der Waals surface area contributed by atoms with E-state index in [4.69, 9.17) is 5.73 Å². The van der Waals surface area contributed by atoms with Gasteiger partial charge in [-0.2, -0.15) is 13.2 Å². The third-order valence-electron chi connectivity index (χ3n) is 2.04. The molecule has 0 aromatic carbocycles. The zero-order chi connectivity index (χ0) is 12.5. The molecule has 2 N–H and O–H groups in total. The molecule has 0 spiro atoms. The molecule has 2 rings (SSSR count). The molecular formula is C10H7F3N4. The highest BCUT2D eigenvalue weighted by atomic mass is 19.4. The fraction of sp³-hybridized carbons (Fsp3) is 0.100. The quantitative estimate of drug-likeness (QED) is 0.829. The molecule has 0 amide bonds. The van der Waals surface area contributed by atoms with Crippen LogP contribution in [-0.4, -0.2) is 15.0 Å². The Balaban J connectivity index is 2.60. The minimum Gasteiger partial charge on any atom is -0.384 e. The van der Waals surface area contributed by atoms with Gasteiger partial charge >= 0.3 is 6.18 Å². The Kier molecular flexibility index (Phi) is 2.66. The molecule has 2 aromatic rings. The van der Waals surface area contributed by atoms with Crippen molar-refractivity contribution in [2.75, 3.05) is 5.73 Å². The van der Waals surface area contributed by atoms with Crippen LogP contribution in [0.25, 0.3) is 11.4 Å². The third kappa shape index (κ3) is 2.32. The molecule has 0 radical (unpaired) electrons. The predicted molar refractivity (Wildman–Crippen MR) is 54.7 cm³/mol. The van der Waals surface area contributed by atoms with Crippen molar-refractivity contribution < 1.29 is 13.2 Å². The maximum Gasteiger partial charge on any atom is 0.418 e. The van der Waals surface area contributed by atoms with E-state index in [1.807, 2.05) is 0 Å². The lowest BCUT2D eigenvalue weighted by atomic mass is 10.1. The molecule has 0 fully saturated rings. The first-order valence-corrected chi connectivity index (χ1v) is 4.58. The fourth-order valence-corrected chi connectivity index (χ4v) is 1.34. The number of aromatic nitrogens is 3. The number of pyridine rings is 1. The summed E-state index contributed by atoms with van der Waals surface area (Å²) in [6, 6.07) is 3.41. The van der Waals surface area contributed by atoms with Crippen LogP contribution < -0.4 is 5.73 Å². The second-order valence-electron chi connectivity index (χ2n) is 3.23. The number of hydrogen-bond acceptors (Lipinski definition) is 4. The molecule has 0 aliphatic heterocycles. The molecule has 17 heavy (non-hydrogen) atoms. The fourth-order valence-electron chi connectivity index (χ4n) is 1.34. The van der Waals surface area contributed by atoms with Crippen LogP contribution in [0.3, 0.4) is 0 Å². The lowest BCUT2D eigenvalue weighted by molar-refractivity contribution is -0.137. The van der Waals surface area contributed by atoms with Gasteiger partial charge in [0.05, 0.1) is 11.3 Å². The molecule has 88 valence electrons. The van der Waals surface area contributed by atoms with Crippen molar-refractivity contribution in [1.82, 2.24) is 15.0 Å². The Morgan fingerprint density at radius 3 is 2.53 bits per heavy atom. The summed E-state index contributed by atoms with van der Waals surface area (Å²) in [6.45, 7) is 0. The summed E-state index contributed by atoms with van der Waals surface area (Å²) in [4.78, 5) is 11.0. The van der Waals surface area contributed by atoms with Crippen LogP contribution >= 0.6 is 0 Å². The van der Waals surface area contributed by atoms with Gasteiger partial charge in [0.15, 0.2) is 0 Å². The second kappa shape index (κ2) is 4.00. The van der Waals surface area contributed by atoms with Crippen molar-refractivity contribution >= 4 is 5.82 Å². The van der Waals surface area contributed by atoms with Gasteiger partial charge in [-0.05, 0) is 12.1 Å². The number of anilines is 1. The van der Waals surface area contributed by atoms with Gasteiger partial charge in [0.2, 0.25) is 0 Å². The van der Waals surface area contributed by atoms with Gasteiger partial charge in [0.1, 0.15) is 17.8 Å². The van der Waals surface area contributed by atoms with Crippen LogP contribution in [0.5, 0.6) is 0 Å². The van der Waals surface area contributed by atoms with E-state index in [2.05, 4.69) is 15.0 Å². The van der Waals surface area contributed by atoms with E-state index in [0.717, 1.165) is 12.4 Å². The molecule has 0 aliphatic rings. The molecule has 0 unspecified atom stereocenters. The summed E-state index contributed by atoms with van der Waals surface area (Å²) in [5, 5.41) is 0. The topological polar surface area (TPSA) is 64.7 Å². The van der Waals surface area contributed by atoms with E-state index >= 15 is 0 Å². The molecule has 0 atom stereocenters. The number of nitrogen functional groups attached to an aromatic ring is 1. The van der Waals surface area contributed by atoms with Crippen molar-refractivity contribution in [3.8, 4) is 11.4 Å². The summed E-state index contributed by atoms with van der Waals surface area (Å²) in [5.41, 5.74) is 4.34. The van der Waals surface area contributed by atoms with E-state index in [1.54, 1.807) is 0 Å². The summed E-state index contributed by atoms with van der Waals surface area (Å²) in [7, 11) is 0. The largest absolute Gasteiger partial charge is 0.418 e. The maximum absolute atomic E-state index is 12.7. The molecular weight excluding hydrogens is 233 g/mol. The first-order chi connectivity index (χ1) is 7.98. The Labute approximate surface area is 94.3 Å². The number of halogens is 3. The first-order valence-electron chi connectivity index (χ1n) is 4.58. The van der Waals surface area contributed by atoms with Gasteiger partial charge in [-0.15, -0.1) is 0 Å². The first kappa shape index (κ1) is 11.3. The Morgan fingerprint density at radius 1 is 1.12 bits per heavy atom. The summed E-state index contributed by atoms with van der Waals surface area (Å²) in [6.07, 6.45) is -2.12. The molecule has 0 saturated heterocycles. The van der Waals surface area contributed by atoms with Crippen LogP contribution in [0.4, 0.5) is 19.0 Å². The zero-order valence-electron chi connectivity index (χ0n) is 8.44. The van der Waals surface area contributed by atoms with Gasteiger partial charge in [0.25, 0.3) is 0 Å². The highest BCUT2D eigenvalue weighted by molar-refractivity contribution is 5.61. The number of nitrogens with two attached hydrogens (primary N) is 1. The van der Waals surface area contributed by atoms with Crippen molar-refractivity contribution in [1.29, 1.82) is 0 Å². The van der Waals surface area contributed by atoms with Crippen LogP contribution in [0, 0.1) is 0 Å². The van der Waals surface area contributed by atoms with E-state index in [0.29, 0.717) is 0 Å². The number of alkyl halides is 3. The minimum absolute atomic E-state index is 0.0467. The van der Waals surface area contributed by atoms with Crippen molar-refractivity contribution in [2.45, 2.75) is 6.18 Å². The van der Waals surface area contributed by atoms with Crippen LogP contribution in [0.15, 0.2) is 30.7 Å². The summed E-state index contributed by atoms with van der Waals surface area (Å²) in [5.74, 6) is 0.0915. The van der Waals surface area contributed by atoms with Gasteiger partial charge < -0.3 is 5.73 Å². The lowest BCUT2D eigenvalue weighted by Gasteiger charge is -2.10. The molecule has 0 bridgehead atoms. The van der Waals surface area contributed by atoms with E-state index in [-0.39, 0.29) is 17.2 Å². The van der Waals surface area contributed by atoms with E-state index < -0.39 is 11.7 Å². The smallest absolute Gasteiger partial charge is 0.384 e. The maximum atomic E-state index is 12.7. The molecule has 0 saturated carbocycles. The molecule has 4 nitrogen and oxygen atoms in total. The summed E-state index contributed by atoms with van der Waals surface area (Å²) >= 11 is 0. The molecule has 2 heterocycles. The van der Waals surface area contributed by atoms with Gasteiger partial charge in [-0.1, -0.05) is 0 Å². The number of rotatable bonds is 1. The van der Waals surface area contributed by atoms with Crippen LogP contribution in [-0.2, 0) is 6.18 Å². The van der Waals surface area contributed by atoms with Crippen LogP contribution in [0.1, 0.15) is 5.56 Å². The third-order valence-corrected chi connectivity index (χ3v) is 2.04. The van der Waals surface area contributed by atoms with Crippen molar-refractivity contribution in [3.63, 3.8) is 0 Å². The van der Waals surface area contributed by atoms with Gasteiger partial charge in [-0.25, -0.2) is 9.97 Å².